The molecule has 0 radical (unpaired) electrons. The van der Waals surface area contributed by atoms with E-state index in [0.29, 0.717) is 23.9 Å². The number of hydrogen-bond donors (Lipinski definition) is 0. The Morgan fingerprint density at radius 2 is 2.30 bits per heavy atom. The monoisotopic (exact) mass is 379 g/mol. The van der Waals surface area contributed by atoms with Gasteiger partial charge in [0.1, 0.15) is 23.0 Å². The average molecular weight is 379 g/mol. The number of anilines is 1. The molecule has 8 nitrogen and oxygen atoms in total. The van der Waals surface area contributed by atoms with Crippen LogP contribution in [0.4, 0.5) is 5.82 Å². The Labute approximate surface area is 160 Å². The van der Waals surface area contributed by atoms with Crippen LogP contribution in [0.1, 0.15) is 12.1 Å². The number of oxime groups is 1. The highest BCUT2D eigenvalue weighted by Crippen LogP contribution is 2.31. The lowest BCUT2D eigenvalue weighted by molar-refractivity contribution is 0.174. The van der Waals surface area contributed by atoms with Gasteiger partial charge in [0.2, 0.25) is 0 Å². The Bertz CT molecular complexity index is 986. The van der Waals surface area contributed by atoms with E-state index in [1.807, 2.05) is 24.1 Å². The van der Waals surface area contributed by atoms with Gasteiger partial charge < -0.3 is 9.74 Å². The summed E-state index contributed by atoms with van der Waals surface area (Å²) in [4.78, 5) is 21.4. The number of fused-ring (bicyclic) bond motifs is 1. The van der Waals surface area contributed by atoms with Crippen molar-refractivity contribution in [2.75, 3.05) is 25.1 Å². The van der Waals surface area contributed by atoms with Crippen molar-refractivity contribution < 1.29 is 4.84 Å². The second-order valence-electron chi connectivity index (χ2n) is 5.87. The van der Waals surface area contributed by atoms with Gasteiger partial charge in [-0.05, 0) is 12.1 Å². The van der Waals surface area contributed by atoms with Gasteiger partial charge in [-0.25, -0.2) is 9.97 Å². The van der Waals surface area contributed by atoms with Crippen LogP contribution in [-0.2, 0) is 4.84 Å². The average Bonchev–Trinajstić information content (AvgIpc) is 3.21. The fourth-order valence-corrected chi connectivity index (χ4v) is 3.47. The van der Waals surface area contributed by atoms with Gasteiger partial charge in [0.25, 0.3) is 0 Å². The third kappa shape index (κ3) is 3.54. The van der Waals surface area contributed by atoms with Crippen molar-refractivity contribution in [3.05, 3.63) is 49.1 Å². The van der Waals surface area contributed by atoms with Crippen LogP contribution in [0.15, 0.2) is 48.5 Å². The predicted molar refractivity (Wildman–Crippen MR) is 105 cm³/mol. The Morgan fingerprint density at radius 3 is 3.11 bits per heavy atom. The molecule has 0 saturated carbocycles. The molecule has 9 heteroatoms. The lowest BCUT2D eigenvalue weighted by Crippen LogP contribution is -2.31. The van der Waals surface area contributed by atoms with E-state index < -0.39 is 0 Å². The van der Waals surface area contributed by atoms with E-state index in [1.165, 1.54) is 11.3 Å². The zero-order valence-electron chi connectivity index (χ0n) is 14.7. The molecule has 0 atom stereocenters. The second kappa shape index (κ2) is 7.58. The number of aromatic nitrogens is 5. The van der Waals surface area contributed by atoms with Gasteiger partial charge in [-0.3, -0.25) is 4.98 Å². The minimum Gasteiger partial charge on any atom is -0.391 e. The summed E-state index contributed by atoms with van der Waals surface area (Å²) in [6.07, 6.45) is 7.66. The Morgan fingerprint density at radius 1 is 1.37 bits per heavy atom. The normalized spacial score (nSPS) is 14.9. The summed E-state index contributed by atoms with van der Waals surface area (Å²) in [5.74, 6) is 1.22. The van der Waals surface area contributed by atoms with Crippen molar-refractivity contribution in [2.45, 2.75) is 6.42 Å². The van der Waals surface area contributed by atoms with Crippen LogP contribution in [-0.4, -0.2) is 51.1 Å². The van der Waals surface area contributed by atoms with Crippen LogP contribution in [0.3, 0.4) is 0 Å². The van der Waals surface area contributed by atoms with Crippen molar-refractivity contribution in [2.24, 2.45) is 5.16 Å². The molecule has 0 unspecified atom stereocenters. The summed E-state index contributed by atoms with van der Waals surface area (Å²) < 4.78 is 0. The van der Waals surface area contributed by atoms with E-state index in [-0.39, 0.29) is 0 Å². The first-order valence-corrected chi connectivity index (χ1v) is 9.20. The largest absolute Gasteiger partial charge is 0.391 e. The van der Waals surface area contributed by atoms with Crippen molar-refractivity contribution >= 4 is 22.9 Å². The second-order valence-corrected chi connectivity index (χ2v) is 6.90. The molecular formula is C18H17N7OS. The molecule has 136 valence electrons. The number of nitrogens with zero attached hydrogens (tertiary/aromatic N) is 7. The maximum atomic E-state index is 5.27. The van der Waals surface area contributed by atoms with Gasteiger partial charge in [-0.1, -0.05) is 17.8 Å². The molecule has 4 heterocycles. The summed E-state index contributed by atoms with van der Waals surface area (Å²) in [6.45, 7) is 4.76. The van der Waals surface area contributed by atoms with Crippen LogP contribution in [0, 0.1) is 0 Å². The first kappa shape index (κ1) is 17.2. The molecule has 0 saturated heterocycles. The fourth-order valence-electron chi connectivity index (χ4n) is 2.63. The molecule has 0 fully saturated rings. The smallest absolute Gasteiger partial charge is 0.194 e. The molecule has 0 bridgehead atoms. The molecule has 1 aliphatic heterocycles. The van der Waals surface area contributed by atoms with Gasteiger partial charge in [0.05, 0.1) is 4.88 Å². The van der Waals surface area contributed by atoms with Crippen molar-refractivity contribution in [1.29, 1.82) is 0 Å². The van der Waals surface area contributed by atoms with E-state index >= 15 is 0 Å². The number of rotatable bonds is 5. The first-order chi connectivity index (χ1) is 13.3. The summed E-state index contributed by atoms with van der Waals surface area (Å²) in [6, 6.07) is 3.85. The summed E-state index contributed by atoms with van der Waals surface area (Å²) >= 11 is 1.50. The molecule has 27 heavy (non-hydrogen) atoms. The summed E-state index contributed by atoms with van der Waals surface area (Å²) in [5.41, 5.74) is 2.41. The van der Waals surface area contributed by atoms with E-state index in [9.17, 15) is 0 Å². The maximum absolute atomic E-state index is 5.27. The Hall–Kier alpha value is -3.20. The van der Waals surface area contributed by atoms with Crippen molar-refractivity contribution in [3.8, 4) is 21.3 Å². The van der Waals surface area contributed by atoms with Crippen LogP contribution in [0.2, 0.25) is 0 Å². The standard InChI is InChI=1S/C18H17N7OS/c1-3-9-26-24-13-6-8-25(2)17-15(13)21-16(22-23-17)14-11-20-18(27-14)12-5-4-7-19-10-12/h3-5,7,10-11H,1,6,8-9H2,2H3/b24-13+. The first-order valence-electron chi connectivity index (χ1n) is 8.39. The lowest BCUT2D eigenvalue weighted by Gasteiger charge is -2.25. The SMILES string of the molecule is C=CCO/N=C1\CCN(C)c2nnc(-c3cnc(-c4cccnc4)s3)nc21. The third-order valence-electron chi connectivity index (χ3n) is 3.99. The molecule has 3 aromatic heterocycles. The molecule has 3 aromatic rings. The van der Waals surface area contributed by atoms with Gasteiger partial charge >= 0.3 is 0 Å². The molecular weight excluding hydrogens is 362 g/mol. The van der Waals surface area contributed by atoms with Crippen molar-refractivity contribution in [3.63, 3.8) is 0 Å². The lowest BCUT2D eigenvalue weighted by atomic mass is 10.1. The molecule has 0 N–H and O–H groups in total. The third-order valence-corrected chi connectivity index (χ3v) is 5.03. The highest BCUT2D eigenvalue weighted by atomic mass is 32.1. The number of hydrogen-bond acceptors (Lipinski definition) is 9. The van der Waals surface area contributed by atoms with E-state index in [4.69, 9.17) is 9.82 Å². The van der Waals surface area contributed by atoms with Gasteiger partial charge in [0.15, 0.2) is 11.6 Å². The molecule has 4 rings (SSSR count). The van der Waals surface area contributed by atoms with Gasteiger partial charge in [-0.2, -0.15) is 0 Å². The van der Waals surface area contributed by atoms with Crippen LogP contribution in [0.25, 0.3) is 21.3 Å². The Balaban J connectivity index is 1.69. The van der Waals surface area contributed by atoms with Gasteiger partial charge in [0, 0.05) is 44.2 Å². The van der Waals surface area contributed by atoms with E-state index in [2.05, 4.69) is 31.9 Å². The van der Waals surface area contributed by atoms with E-state index in [1.54, 1.807) is 24.7 Å². The summed E-state index contributed by atoms with van der Waals surface area (Å²) in [5, 5.41) is 13.7. The van der Waals surface area contributed by atoms with Crippen LogP contribution < -0.4 is 4.90 Å². The maximum Gasteiger partial charge on any atom is 0.194 e. The minimum atomic E-state index is 0.351. The molecule has 0 aliphatic carbocycles. The van der Waals surface area contributed by atoms with Crippen LogP contribution in [0.5, 0.6) is 0 Å². The molecule has 0 amide bonds. The topological polar surface area (TPSA) is 89.3 Å². The van der Waals surface area contributed by atoms with Crippen molar-refractivity contribution in [1.82, 2.24) is 25.1 Å². The van der Waals surface area contributed by atoms with E-state index in [0.717, 1.165) is 34.1 Å². The quantitative estimate of drug-likeness (QED) is 0.382. The number of thiazole rings is 1. The Kier molecular flexibility index (Phi) is 4.84. The highest BCUT2D eigenvalue weighted by molar-refractivity contribution is 7.18. The predicted octanol–water partition coefficient (Wildman–Crippen LogP) is 2.80. The zero-order chi connectivity index (χ0) is 18.6. The number of pyridine rings is 1. The molecule has 0 spiro atoms. The molecule has 1 aliphatic rings. The zero-order valence-corrected chi connectivity index (χ0v) is 15.6. The summed E-state index contributed by atoms with van der Waals surface area (Å²) in [7, 11) is 1.96. The highest BCUT2D eigenvalue weighted by Gasteiger charge is 2.25. The fraction of sp³-hybridized carbons (Fsp3) is 0.222. The minimum absolute atomic E-state index is 0.351. The van der Waals surface area contributed by atoms with Crippen LogP contribution >= 0.6 is 11.3 Å². The molecule has 0 aromatic carbocycles. The van der Waals surface area contributed by atoms with Gasteiger partial charge in [-0.15, -0.1) is 21.5 Å².